The molecule has 1 atom stereocenters. The summed E-state index contributed by atoms with van der Waals surface area (Å²) in [5.41, 5.74) is 2.74. The van der Waals surface area contributed by atoms with Crippen molar-refractivity contribution in [3.8, 4) is 5.75 Å². The fourth-order valence-corrected chi connectivity index (χ4v) is 4.20. The van der Waals surface area contributed by atoms with Gasteiger partial charge in [0.2, 0.25) is 17.8 Å². The number of nitrogens with one attached hydrogen (secondary N) is 3. The Balaban J connectivity index is 1.37. The smallest absolute Gasteiger partial charge is 0.255 e. The second-order valence-electron chi connectivity index (χ2n) is 7.95. The number of methoxy groups -OCH3 is 1. The summed E-state index contributed by atoms with van der Waals surface area (Å²) in [5, 5.41) is 8.73. The summed E-state index contributed by atoms with van der Waals surface area (Å²) < 4.78 is 5.36. The molecule has 2 aliphatic rings. The highest BCUT2D eigenvalue weighted by Crippen LogP contribution is 2.33. The maximum absolute atomic E-state index is 13.0. The number of para-hydroxylation sites is 2. The zero-order valence-electron chi connectivity index (χ0n) is 18.4. The molecule has 0 bridgehead atoms. The van der Waals surface area contributed by atoms with Crippen molar-refractivity contribution < 1.29 is 19.1 Å². The Labute approximate surface area is 195 Å². The largest absolute Gasteiger partial charge is 0.495 e. The molecule has 172 valence electrons. The van der Waals surface area contributed by atoms with Crippen molar-refractivity contribution >= 4 is 40.9 Å². The zero-order chi connectivity index (χ0) is 23.7. The van der Waals surface area contributed by atoms with Crippen molar-refractivity contribution in [2.24, 2.45) is 0 Å². The molecule has 1 aromatic heterocycles. The van der Waals surface area contributed by atoms with Gasteiger partial charge in [0.1, 0.15) is 17.6 Å². The van der Waals surface area contributed by atoms with E-state index < -0.39 is 11.9 Å². The number of hydrogen-bond acceptors (Lipinski definition) is 8. The fourth-order valence-electron chi connectivity index (χ4n) is 4.20. The van der Waals surface area contributed by atoms with E-state index in [2.05, 4.69) is 25.9 Å². The third-order valence-corrected chi connectivity index (χ3v) is 5.85. The molecular formula is C24H22N6O4. The van der Waals surface area contributed by atoms with Crippen molar-refractivity contribution in [1.29, 1.82) is 0 Å². The molecule has 5 rings (SSSR count). The average molecular weight is 458 g/mol. The summed E-state index contributed by atoms with van der Waals surface area (Å²) in [6, 6.07) is 13.9. The van der Waals surface area contributed by atoms with Crippen LogP contribution in [0.25, 0.3) is 0 Å². The lowest BCUT2D eigenvalue weighted by Gasteiger charge is -2.29. The van der Waals surface area contributed by atoms with E-state index in [1.54, 1.807) is 31.5 Å². The van der Waals surface area contributed by atoms with Crippen LogP contribution in [0, 0.1) is 0 Å². The zero-order valence-corrected chi connectivity index (χ0v) is 18.4. The third-order valence-electron chi connectivity index (χ3n) is 5.85. The molecule has 0 spiro atoms. The predicted octanol–water partition coefficient (Wildman–Crippen LogP) is 2.73. The van der Waals surface area contributed by atoms with E-state index in [9.17, 15) is 14.4 Å². The summed E-state index contributed by atoms with van der Waals surface area (Å²) in [6.45, 7) is 0.265. The van der Waals surface area contributed by atoms with Crippen LogP contribution in [0.5, 0.6) is 5.75 Å². The van der Waals surface area contributed by atoms with Crippen LogP contribution < -0.4 is 20.7 Å². The lowest BCUT2D eigenvalue weighted by atomic mass is 10.0. The number of hydrogen-bond donors (Lipinski definition) is 3. The second kappa shape index (κ2) is 8.81. The van der Waals surface area contributed by atoms with Crippen LogP contribution in [-0.4, -0.2) is 45.7 Å². The van der Waals surface area contributed by atoms with E-state index in [-0.39, 0.29) is 24.8 Å². The lowest BCUT2D eigenvalue weighted by molar-refractivity contribution is -0.136. The molecule has 0 radical (unpaired) electrons. The number of fused-ring (bicyclic) bond motifs is 1. The van der Waals surface area contributed by atoms with Crippen LogP contribution >= 0.6 is 0 Å². The molecule has 0 aliphatic carbocycles. The van der Waals surface area contributed by atoms with Gasteiger partial charge in [0, 0.05) is 36.0 Å². The van der Waals surface area contributed by atoms with Crippen LogP contribution in [0.3, 0.4) is 0 Å². The number of imide groups is 1. The lowest BCUT2D eigenvalue weighted by Crippen LogP contribution is -2.52. The van der Waals surface area contributed by atoms with Crippen LogP contribution in [0.1, 0.15) is 28.8 Å². The van der Waals surface area contributed by atoms with Crippen LogP contribution in [-0.2, 0) is 16.1 Å². The number of aromatic nitrogens is 2. The third kappa shape index (κ3) is 4.01. The standard InChI is InChI=1S/C24H22N6O4/c1-34-19-8-3-2-6-17(19)27-24-25-12-11-20(28-24)26-16-7-4-5-14-15(16)13-30(23(14)33)18-9-10-21(31)29-22(18)32/h2-8,11-12,18H,9-10,13H2,1H3,(H,29,31,32)(H2,25,26,27,28). The Morgan fingerprint density at radius 3 is 2.68 bits per heavy atom. The fraction of sp³-hybridized carbons (Fsp3) is 0.208. The van der Waals surface area contributed by atoms with Gasteiger partial charge in [-0.3, -0.25) is 19.7 Å². The molecular weight excluding hydrogens is 436 g/mol. The number of amides is 3. The number of carbonyl (C=O) groups excluding carboxylic acids is 3. The van der Waals surface area contributed by atoms with Gasteiger partial charge < -0.3 is 20.3 Å². The summed E-state index contributed by atoms with van der Waals surface area (Å²) in [6.07, 6.45) is 2.15. The number of anilines is 4. The number of benzene rings is 2. The number of rotatable bonds is 6. The molecule has 3 heterocycles. The van der Waals surface area contributed by atoms with Gasteiger partial charge in [-0.2, -0.15) is 4.98 Å². The highest BCUT2D eigenvalue weighted by atomic mass is 16.5. The average Bonchev–Trinajstić information content (AvgIpc) is 3.17. The van der Waals surface area contributed by atoms with E-state index in [0.29, 0.717) is 35.2 Å². The van der Waals surface area contributed by atoms with Crippen molar-refractivity contribution in [2.75, 3.05) is 17.7 Å². The minimum absolute atomic E-state index is 0.213. The first-order chi connectivity index (χ1) is 16.5. The normalized spacial score (nSPS) is 17.3. The molecule has 0 saturated carbocycles. The van der Waals surface area contributed by atoms with Crippen molar-refractivity contribution in [2.45, 2.75) is 25.4 Å². The number of nitrogens with zero attached hydrogens (tertiary/aromatic N) is 3. The summed E-state index contributed by atoms with van der Waals surface area (Å²) in [7, 11) is 1.59. The number of ether oxygens (including phenoxy) is 1. The molecule has 3 N–H and O–H groups in total. The van der Waals surface area contributed by atoms with E-state index in [0.717, 1.165) is 11.3 Å². The minimum atomic E-state index is -0.666. The van der Waals surface area contributed by atoms with Gasteiger partial charge in [-0.25, -0.2) is 4.98 Å². The Kier molecular flexibility index (Phi) is 5.54. The molecule has 1 saturated heterocycles. The van der Waals surface area contributed by atoms with Crippen LogP contribution in [0.15, 0.2) is 54.7 Å². The Hall–Kier alpha value is -4.47. The summed E-state index contributed by atoms with van der Waals surface area (Å²) in [4.78, 5) is 47.2. The number of piperidine rings is 1. The molecule has 1 unspecified atom stereocenters. The Morgan fingerprint density at radius 2 is 1.85 bits per heavy atom. The van der Waals surface area contributed by atoms with Gasteiger partial charge in [-0.15, -0.1) is 0 Å². The molecule has 1 fully saturated rings. The molecule has 2 aliphatic heterocycles. The van der Waals surface area contributed by atoms with Crippen molar-refractivity contribution in [1.82, 2.24) is 20.2 Å². The van der Waals surface area contributed by atoms with Gasteiger partial charge in [0.05, 0.1) is 12.8 Å². The Bertz CT molecular complexity index is 1290. The van der Waals surface area contributed by atoms with Crippen LogP contribution in [0.4, 0.5) is 23.1 Å². The first-order valence-corrected chi connectivity index (χ1v) is 10.8. The summed E-state index contributed by atoms with van der Waals surface area (Å²) in [5.74, 6) is 0.603. The van der Waals surface area contributed by atoms with Gasteiger partial charge in [0.25, 0.3) is 5.91 Å². The van der Waals surface area contributed by atoms with Crippen molar-refractivity contribution in [3.63, 3.8) is 0 Å². The van der Waals surface area contributed by atoms with E-state index in [4.69, 9.17) is 4.74 Å². The van der Waals surface area contributed by atoms with E-state index in [1.807, 2.05) is 30.3 Å². The second-order valence-corrected chi connectivity index (χ2v) is 7.95. The number of carbonyl (C=O) groups is 3. The molecule has 34 heavy (non-hydrogen) atoms. The van der Waals surface area contributed by atoms with E-state index in [1.165, 1.54) is 4.90 Å². The SMILES string of the molecule is COc1ccccc1Nc1nccc(Nc2cccc3c2CN(C2CCC(=O)NC2=O)C3=O)n1. The van der Waals surface area contributed by atoms with Gasteiger partial charge in [-0.05, 0) is 36.8 Å². The van der Waals surface area contributed by atoms with E-state index >= 15 is 0 Å². The highest BCUT2D eigenvalue weighted by Gasteiger charge is 2.39. The van der Waals surface area contributed by atoms with Crippen LogP contribution in [0.2, 0.25) is 0 Å². The van der Waals surface area contributed by atoms with Gasteiger partial charge in [-0.1, -0.05) is 18.2 Å². The predicted molar refractivity (Wildman–Crippen MR) is 124 cm³/mol. The minimum Gasteiger partial charge on any atom is -0.495 e. The first-order valence-electron chi connectivity index (χ1n) is 10.8. The molecule has 3 aromatic rings. The maximum Gasteiger partial charge on any atom is 0.255 e. The highest BCUT2D eigenvalue weighted by molar-refractivity contribution is 6.06. The molecule has 10 nitrogen and oxygen atoms in total. The van der Waals surface area contributed by atoms with Crippen molar-refractivity contribution in [3.05, 3.63) is 65.9 Å². The molecule has 3 amide bonds. The quantitative estimate of drug-likeness (QED) is 0.482. The summed E-state index contributed by atoms with van der Waals surface area (Å²) >= 11 is 0. The van der Waals surface area contributed by atoms with Gasteiger partial charge in [0.15, 0.2) is 0 Å². The molecule has 10 heteroatoms. The maximum atomic E-state index is 13.0. The molecule has 2 aromatic carbocycles. The van der Waals surface area contributed by atoms with Gasteiger partial charge >= 0.3 is 0 Å². The Morgan fingerprint density at radius 1 is 1.03 bits per heavy atom. The monoisotopic (exact) mass is 458 g/mol. The first kappa shape index (κ1) is 21.4. The topological polar surface area (TPSA) is 126 Å².